The lowest BCUT2D eigenvalue weighted by Crippen LogP contribution is -2.43. The number of benzene rings is 1. The molecule has 1 saturated heterocycles. The topological polar surface area (TPSA) is 54.0 Å². The Kier molecular flexibility index (Phi) is 10.2. The molecule has 1 aromatic rings. The molecule has 0 amide bonds. The number of methoxy groups -OCH3 is 1. The third-order valence-corrected chi connectivity index (χ3v) is 13.9. The van der Waals surface area contributed by atoms with Crippen LogP contribution in [-0.2, 0) is 25.1 Å². The van der Waals surface area contributed by atoms with E-state index in [-0.39, 0.29) is 29.5 Å². The second-order valence-electron chi connectivity index (χ2n) is 13.3. The van der Waals surface area contributed by atoms with Crippen molar-refractivity contribution in [1.29, 1.82) is 0 Å². The Morgan fingerprint density at radius 2 is 1.90 bits per heavy atom. The van der Waals surface area contributed by atoms with Crippen molar-refractivity contribution in [2.75, 3.05) is 13.7 Å². The van der Waals surface area contributed by atoms with Gasteiger partial charge in [-0.3, -0.25) is 4.79 Å². The van der Waals surface area contributed by atoms with Crippen LogP contribution < -0.4 is 4.74 Å². The molecule has 0 saturated carbocycles. The van der Waals surface area contributed by atoms with Gasteiger partial charge in [0.25, 0.3) is 0 Å². The van der Waals surface area contributed by atoms with E-state index >= 15 is 0 Å². The van der Waals surface area contributed by atoms with Crippen LogP contribution in [0.15, 0.2) is 29.3 Å². The number of Topliss-reactive ketones (excluding diaryl/α,β-unsaturated/α-hetero) is 1. The van der Waals surface area contributed by atoms with Crippen LogP contribution in [0.3, 0.4) is 0 Å². The molecule has 0 N–H and O–H groups in total. The molecule has 5 nitrogen and oxygen atoms in total. The maximum atomic E-state index is 13.6. The highest BCUT2D eigenvalue weighted by Gasteiger charge is 2.47. The summed E-state index contributed by atoms with van der Waals surface area (Å²) < 4.78 is 25.4. The Hall–Kier alpha value is -1.47. The summed E-state index contributed by atoms with van der Waals surface area (Å²) in [6.45, 7) is 14.5. The summed E-state index contributed by atoms with van der Waals surface area (Å²) in [5, 5.41) is 0.0700. The van der Waals surface area contributed by atoms with Crippen molar-refractivity contribution in [1.82, 2.24) is 0 Å². The summed E-state index contributed by atoms with van der Waals surface area (Å²) in [7, 11) is -0.383. The van der Waals surface area contributed by atoms with Gasteiger partial charge in [-0.05, 0) is 91.8 Å². The molecule has 1 aromatic carbocycles. The fraction of sp³-hybridized carbons (Fsp3) is 0.727. The predicted molar refractivity (Wildman–Crippen MR) is 160 cm³/mol. The van der Waals surface area contributed by atoms with E-state index in [2.05, 4.69) is 52.9 Å². The van der Waals surface area contributed by atoms with E-state index in [1.807, 2.05) is 6.07 Å². The number of allylic oxidation sites excluding steroid dienone is 1. The first kappa shape index (κ1) is 30.5. The van der Waals surface area contributed by atoms with Crippen molar-refractivity contribution in [3.8, 4) is 5.75 Å². The summed E-state index contributed by atoms with van der Waals surface area (Å²) in [6, 6.07) is 6.30. The van der Waals surface area contributed by atoms with E-state index in [1.165, 1.54) is 29.5 Å². The van der Waals surface area contributed by atoms with Gasteiger partial charge >= 0.3 is 0 Å². The fourth-order valence-corrected chi connectivity index (χ4v) is 7.39. The average Bonchev–Trinajstić information content (AvgIpc) is 3.21. The van der Waals surface area contributed by atoms with Gasteiger partial charge in [-0.15, -0.1) is 0 Å². The number of carbonyl (C=O) groups is 1. The third-order valence-electron chi connectivity index (χ3n) is 9.51. The van der Waals surface area contributed by atoms with Crippen LogP contribution in [-0.4, -0.2) is 40.2 Å². The molecule has 1 unspecified atom stereocenters. The van der Waals surface area contributed by atoms with E-state index in [9.17, 15) is 4.79 Å². The number of rotatable bonds is 12. The lowest BCUT2D eigenvalue weighted by Gasteiger charge is -2.43. The molecule has 2 aliphatic carbocycles. The number of carbonyl (C=O) groups excluding carboxylic acids is 1. The van der Waals surface area contributed by atoms with Crippen LogP contribution >= 0.6 is 0 Å². The number of unbranched alkanes of at least 4 members (excludes halogenated alkanes) is 2. The Morgan fingerprint density at radius 3 is 2.56 bits per heavy atom. The first-order valence-corrected chi connectivity index (χ1v) is 18.3. The minimum Gasteiger partial charge on any atom is -0.496 e. The lowest BCUT2D eigenvalue weighted by atomic mass is 9.78. The van der Waals surface area contributed by atoms with Gasteiger partial charge in [0.2, 0.25) is 0 Å². The molecule has 1 fully saturated rings. The molecular weight excluding hydrogens is 504 g/mol. The Labute approximate surface area is 238 Å². The summed E-state index contributed by atoms with van der Waals surface area (Å²) in [6.07, 6.45) is 10.7. The largest absolute Gasteiger partial charge is 0.496 e. The molecule has 1 aliphatic heterocycles. The van der Waals surface area contributed by atoms with Crippen molar-refractivity contribution in [2.45, 2.75) is 135 Å². The molecule has 0 radical (unpaired) electrons. The smallest absolute Gasteiger partial charge is 0.193 e. The molecule has 218 valence electrons. The van der Waals surface area contributed by atoms with Gasteiger partial charge in [0, 0.05) is 18.6 Å². The van der Waals surface area contributed by atoms with Gasteiger partial charge in [0.05, 0.1) is 19.3 Å². The molecule has 39 heavy (non-hydrogen) atoms. The molecular formula is C33H52O5Si. The van der Waals surface area contributed by atoms with E-state index < -0.39 is 8.32 Å². The van der Waals surface area contributed by atoms with Crippen LogP contribution in [0.5, 0.6) is 5.75 Å². The van der Waals surface area contributed by atoms with E-state index in [4.69, 9.17) is 18.6 Å². The molecule has 4 rings (SSSR count). The SMILES string of the molecule is CCCCC[C@@H](CCC1=C2[C@H](CC1=O)Cc1c(OC)cccc1[C@H]2O[Si](C)(C)C(C)(C)C)OC1CCCCO1. The Balaban J connectivity index is 1.64. The zero-order chi connectivity index (χ0) is 28.2. The normalized spacial score (nSPS) is 24.5. The monoisotopic (exact) mass is 556 g/mol. The van der Waals surface area contributed by atoms with Gasteiger partial charge in [-0.25, -0.2) is 0 Å². The van der Waals surface area contributed by atoms with Crippen molar-refractivity contribution in [3.63, 3.8) is 0 Å². The van der Waals surface area contributed by atoms with Gasteiger partial charge < -0.3 is 18.6 Å². The van der Waals surface area contributed by atoms with Crippen LogP contribution in [0.4, 0.5) is 0 Å². The highest BCUT2D eigenvalue weighted by molar-refractivity contribution is 6.74. The lowest BCUT2D eigenvalue weighted by molar-refractivity contribution is -0.190. The first-order valence-electron chi connectivity index (χ1n) is 15.4. The molecule has 6 heteroatoms. The van der Waals surface area contributed by atoms with Crippen molar-refractivity contribution < 1.29 is 23.4 Å². The summed E-state index contributed by atoms with van der Waals surface area (Å²) in [5.74, 6) is 1.40. The quantitative estimate of drug-likeness (QED) is 0.191. The van der Waals surface area contributed by atoms with E-state index in [0.717, 1.165) is 69.3 Å². The van der Waals surface area contributed by atoms with Gasteiger partial charge in [-0.2, -0.15) is 0 Å². The number of hydrogen-bond donors (Lipinski definition) is 0. The summed E-state index contributed by atoms with van der Waals surface area (Å²) >= 11 is 0. The van der Waals surface area contributed by atoms with Gasteiger partial charge in [0.15, 0.2) is 20.4 Å². The average molecular weight is 557 g/mol. The molecule has 0 spiro atoms. The number of hydrogen-bond acceptors (Lipinski definition) is 5. The standard InChI is InChI=1S/C33H52O5Si/c1-8-9-10-14-24(37-30-17-11-12-20-36-30)18-19-26-28(34)22-23-21-27-25(15-13-16-29(27)35-5)32(31(23)26)38-39(6,7)33(2,3)4/h13,15-16,23-24,30,32H,8-12,14,17-22H2,1-7H3/t23-,24-,30?,32+/m0/s1. The number of ether oxygens (including phenoxy) is 3. The van der Waals surface area contributed by atoms with Gasteiger partial charge in [-0.1, -0.05) is 59.1 Å². The Morgan fingerprint density at radius 1 is 1.10 bits per heavy atom. The maximum Gasteiger partial charge on any atom is 0.193 e. The number of fused-ring (bicyclic) bond motifs is 2. The van der Waals surface area contributed by atoms with Crippen LogP contribution in [0.2, 0.25) is 18.1 Å². The zero-order valence-corrected chi connectivity index (χ0v) is 26.6. The molecule has 3 aliphatic rings. The van der Waals surface area contributed by atoms with Crippen LogP contribution in [0.25, 0.3) is 0 Å². The minimum atomic E-state index is -2.12. The van der Waals surface area contributed by atoms with Crippen LogP contribution in [0, 0.1) is 5.92 Å². The van der Waals surface area contributed by atoms with Gasteiger partial charge in [0.1, 0.15) is 5.75 Å². The molecule has 0 bridgehead atoms. The van der Waals surface area contributed by atoms with E-state index in [0.29, 0.717) is 12.2 Å². The molecule has 1 heterocycles. The van der Waals surface area contributed by atoms with Crippen LogP contribution in [0.1, 0.15) is 109 Å². The first-order chi connectivity index (χ1) is 18.6. The fourth-order valence-electron chi connectivity index (χ4n) is 6.19. The van der Waals surface area contributed by atoms with Crippen molar-refractivity contribution >= 4 is 14.1 Å². The van der Waals surface area contributed by atoms with Crippen molar-refractivity contribution in [2.24, 2.45) is 5.92 Å². The van der Waals surface area contributed by atoms with Crippen molar-refractivity contribution in [3.05, 3.63) is 40.5 Å². The molecule has 4 atom stereocenters. The third kappa shape index (κ3) is 7.06. The second kappa shape index (κ2) is 13.0. The summed E-state index contributed by atoms with van der Waals surface area (Å²) in [4.78, 5) is 13.6. The zero-order valence-electron chi connectivity index (χ0n) is 25.6. The highest BCUT2D eigenvalue weighted by atomic mass is 28.4. The second-order valence-corrected chi connectivity index (χ2v) is 18.1. The minimum absolute atomic E-state index is 0.0700. The predicted octanol–water partition coefficient (Wildman–Crippen LogP) is 8.47. The van der Waals surface area contributed by atoms with E-state index in [1.54, 1.807) is 7.11 Å². The maximum absolute atomic E-state index is 13.6. The Bertz CT molecular complexity index is 1020. The number of ketones is 1. The summed E-state index contributed by atoms with van der Waals surface area (Å²) in [5.41, 5.74) is 4.64. The highest BCUT2D eigenvalue weighted by Crippen LogP contribution is 2.52. The molecule has 0 aromatic heterocycles.